The molecule has 0 unspecified atom stereocenters. The number of carboxylic acid groups (broad SMARTS) is 1. The Kier molecular flexibility index (Phi) is 8.39. The number of carboxylic acids is 1. The number of aromatic nitrogens is 3. The number of halogens is 3. The number of anilines is 1. The van der Waals surface area contributed by atoms with Crippen LogP contribution in [0.5, 0.6) is 0 Å². The van der Waals surface area contributed by atoms with Crippen molar-refractivity contribution in [2.45, 2.75) is 46.8 Å². The molecule has 0 amide bonds. The van der Waals surface area contributed by atoms with Gasteiger partial charge >= 0.3 is 12.1 Å². The fourth-order valence-electron chi connectivity index (χ4n) is 4.41. The smallest absolute Gasteiger partial charge is 0.475 e. The molecular weight excluding hydrogens is 489 g/mol. The Labute approximate surface area is 212 Å². The van der Waals surface area contributed by atoms with Crippen LogP contribution < -0.4 is 4.90 Å². The second kappa shape index (κ2) is 11.1. The molecule has 1 N–H and O–H groups in total. The van der Waals surface area contributed by atoms with Crippen molar-refractivity contribution in [1.82, 2.24) is 14.8 Å². The van der Waals surface area contributed by atoms with E-state index in [1.165, 1.54) is 39.0 Å². The number of aryl methyl sites for hydroxylation is 4. The van der Waals surface area contributed by atoms with Gasteiger partial charge < -0.3 is 10.0 Å². The van der Waals surface area contributed by atoms with Gasteiger partial charge in [0, 0.05) is 36.1 Å². The zero-order chi connectivity index (χ0) is 26.6. The first-order chi connectivity index (χ1) is 16.9. The molecule has 0 bridgehead atoms. The third-order valence-corrected chi connectivity index (χ3v) is 6.39. The van der Waals surface area contributed by atoms with Crippen molar-refractivity contribution < 1.29 is 23.1 Å². The first-order valence-corrected chi connectivity index (χ1v) is 12.3. The Hall–Kier alpha value is -3.40. The first kappa shape index (κ1) is 27.2. The molecule has 2 aromatic carbocycles. The van der Waals surface area contributed by atoms with Crippen LogP contribution in [0.25, 0.3) is 22.0 Å². The lowest BCUT2D eigenvalue weighted by molar-refractivity contribution is -0.192. The molecule has 36 heavy (non-hydrogen) atoms. The first-order valence-electron chi connectivity index (χ1n) is 11.4. The number of rotatable bonds is 6. The highest BCUT2D eigenvalue weighted by Crippen LogP contribution is 2.37. The van der Waals surface area contributed by atoms with Crippen molar-refractivity contribution in [2.24, 2.45) is 7.05 Å². The van der Waals surface area contributed by atoms with Crippen LogP contribution in [0.4, 0.5) is 19.0 Å². The number of alkyl halides is 3. The van der Waals surface area contributed by atoms with E-state index in [1.807, 2.05) is 16.3 Å². The molecule has 2 heterocycles. The van der Waals surface area contributed by atoms with Gasteiger partial charge in [-0.15, -0.1) is 11.3 Å². The molecule has 0 radical (unpaired) electrons. The lowest BCUT2D eigenvalue weighted by Gasteiger charge is -2.23. The highest BCUT2D eigenvalue weighted by atomic mass is 32.1. The molecule has 0 aliphatic rings. The topological polar surface area (TPSA) is 71.2 Å². The fraction of sp³-hybridized carbons (Fsp3) is 0.346. The van der Waals surface area contributed by atoms with Crippen molar-refractivity contribution in [3.8, 4) is 11.1 Å². The minimum absolute atomic E-state index is 0.812. The van der Waals surface area contributed by atoms with Gasteiger partial charge in [-0.25, -0.2) is 9.78 Å². The van der Waals surface area contributed by atoms with Crippen molar-refractivity contribution >= 4 is 34.0 Å². The van der Waals surface area contributed by atoms with Crippen molar-refractivity contribution in [3.05, 3.63) is 63.6 Å². The van der Waals surface area contributed by atoms with E-state index in [9.17, 15) is 13.2 Å². The summed E-state index contributed by atoms with van der Waals surface area (Å²) in [6.45, 7) is 10.6. The number of carbonyl (C=O) groups is 1. The largest absolute Gasteiger partial charge is 0.490 e. The maximum Gasteiger partial charge on any atom is 0.490 e. The van der Waals surface area contributed by atoms with Crippen LogP contribution in [0.3, 0.4) is 0 Å². The maximum atomic E-state index is 10.6. The van der Waals surface area contributed by atoms with Crippen LogP contribution in [0, 0.1) is 20.8 Å². The van der Waals surface area contributed by atoms with Crippen LogP contribution in [-0.4, -0.2) is 38.6 Å². The number of fused-ring (bicyclic) bond motifs is 1. The monoisotopic (exact) mass is 518 g/mol. The third kappa shape index (κ3) is 6.04. The number of aliphatic carboxylic acids is 1. The zero-order valence-electron chi connectivity index (χ0n) is 20.8. The summed E-state index contributed by atoms with van der Waals surface area (Å²) in [5.41, 5.74) is 7.49. The van der Waals surface area contributed by atoms with Crippen molar-refractivity contribution in [2.75, 3.05) is 11.4 Å². The molecule has 0 aliphatic heterocycles. The van der Waals surface area contributed by atoms with E-state index >= 15 is 0 Å². The van der Waals surface area contributed by atoms with E-state index < -0.39 is 12.1 Å². The van der Waals surface area contributed by atoms with Crippen molar-refractivity contribution in [3.63, 3.8) is 0 Å². The van der Waals surface area contributed by atoms with Crippen LogP contribution in [0.2, 0.25) is 0 Å². The molecule has 4 aromatic rings. The third-order valence-electron chi connectivity index (χ3n) is 5.62. The highest BCUT2D eigenvalue weighted by molar-refractivity contribution is 7.09. The fourth-order valence-corrected chi connectivity index (χ4v) is 5.04. The molecule has 6 nitrogen and oxygen atoms in total. The van der Waals surface area contributed by atoms with Crippen LogP contribution in [0.1, 0.15) is 35.0 Å². The Morgan fingerprint density at radius 1 is 1.17 bits per heavy atom. The lowest BCUT2D eigenvalue weighted by atomic mass is 9.92. The zero-order valence-corrected chi connectivity index (χ0v) is 21.7. The normalized spacial score (nSPS) is 11.3. The number of nitrogens with zero attached hydrogens (tertiary/aromatic N) is 4. The average molecular weight is 519 g/mol. The van der Waals surface area contributed by atoms with Gasteiger partial charge in [-0.3, -0.25) is 4.68 Å². The quantitative estimate of drug-likeness (QED) is 0.309. The van der Waals surface area contributed by atoms with E-state index in [0.29, 0.717) is 0 Å². The second-order valence-electron chi connectivity index (χ2n) is 8.57. The molecule has 4 rings (SSSR count). The average Bonchev–Trinajstić information content (AvgIpc) is 3.39. The lowest BCUT2D eigenvalue weighted by Crippen LogP contribution is -2.25. The van der Waals surface area contributed by atoms with E-state index in [-0.39, 0.29) is 0 Å². The Balaban J connectivity index is 0.000000454. The SMILES string of the molecule is CCCN(Cc1nccs1)c1c2cccc(-c3c(C)cc(C)cc3C)c2nn1C.O=C(O)C(F)(F)F. The number of thiazole rings is 1. The van der Waals surface area contributed by atoms with Gasteiger partial charge in [0.1, 0.15) is 16.3 Å². The molecule has 0 fully saturated rings. The minimum Gasteiger partial charge on any atom is -0.475 e. The number of hydrogen-bond acceptors (Lipinski definition) is 5. The summed E-state index contributed by atoms with van der Waals surface area (Å²) in [6.07, 6.45) is -2.12. The van der Waals surface area contributed by atoms with Gasteiger partial charge in [-0.05, 0) is 49.9 Å². The van der Waals surface area contributed by atoms with Crippen molar-refractivity contribution in [1.29, 1.82) is 0 Å². The summed E-state index contributed by atoms with van der Waals surface area (Å²) in [4.78, 5) is 15.8. The second-order valence-corrected chi connectivity index (χ2v) is 9.55. The van der Waals surface area contributed by atoms with Crippen LogP contribution >= 0.6 is 11.3 Å². The summed E-state index contributed by atoms with van der Waals surface area (Å²) < 4.78 is 33.8. The predicted octanol–water partition coefficient (Wildman–Crippen LogP) is 6.67. The van der Waals surface area contributed by atoms with Gasteiger partial charge in [-0.2, -0.15) is 18.3 Å². The summed E-state index contributed by atoms with van der Waals surface area (Å²) in [5, 5.41) is 16.5. The van der Waals surface area contributed by atoms with Crippen LogP contribution in [-0.2, 0) is 18.4 Å². The molecule has 0 atom stereocenters. The van der Waals surface area contributed by atoms with Gasteiger partial charge in [0.05, 0.1) is 6.54 Å². The molecule has 0 saturated carbocycles. The summed E-state index contributed by atoms with van der Waals surface area (Å²) >= 11 is 1.71. The molecule has 0 spiro atoms. The summed E-state index contributed by atoms with van der Waals surface area (Å²) in [7, 11) is 2.05. The van der Waals surface area contributed by atoms with Gasteiger partial charge in [0.15, 0.2) is 0 Å². The minimum atomic E-state index is -5.08. The summed E-state index contributed by atoms with van der Waals surface area (Å²) in [6, 6.07) is 11.1. The Morgan fingerprint density at radius 2 is 1.81 bits per heavy atom. The standard InChI is InChI=1S/C24H28N4S.C2HF3O2/c1-6-11-28(15-21-25-10-12-29-21)24-20-9-7-8-19(23(20)26-27(24)5)22-17(3)13-16(2)14-18(22)4;3-2(4,5)1(6)7/h7-10,12-14H,6,11,15H2,1-5H3;(H,6,7). The van der Waals surface area contributed by atoms with Crippen LogP contribution in [0.15, 0.2) is 41.9 Å². The Bertz CT molecular complexity index is 1320. The molecule has 2 aromatic heterocycles. The maximum absolute atomic E-state index is 10.6. The van der Waals surface area contributed by atoms with Gasteiger partial charge in [-0.1, -0.05) is 36.8 Å². The van der Waals surface area contributed by atoms with E-state index in [2.05, 4.69) is 75.0 Å². The number of hydrogen-bond donors (Lipinski definition) is 1. The molecule has 0 aliphatic carbocycles. The predicted molar refractivity (Wildman–Crippen MR) is 138 cm³/mol. The molecule has 0 saturated heterocycles. The van der Waals surface area contributed by atoms with E-state index in [1.54, 1.807) is 11.3 Å². The van der Waals surface area contributed by atoms with E-state index in [4.69, 9.17) is 15.0 Å². The highest BCUT2D eigenvalue weighted by Gasteiger charge is 2.38. The molecular formula is C26H29F3N4O2S. The summed E-state index contributed by atoms with van der Waals surface area (Å²) in [5.74, 6) is -1.59. The Morgan fingerprint density at radius 3 is 2.33 bits per heavy atom. The number of benzene rings is 2. The molecule has 192 valence electrons. The molecule has 10 heteroatoms. The van der Waals surface area contributed by atoms with Gasteiger partial charge in [0.25, 0.3) is 0 Å². The van der Waals surface area contributed by atoms with Gasteiger partial charge in [0.2, 0.25) is 0 Å². The van der Waals surface area contributed by atoms with E-state index in [0.717, 1.165) is 30.0 Å².